The highest BCUT2D eigenvalue weighted by molar-refractivity contribution is 7.89. The van der Waals surface area contributed by atoms with Crippen LogP contribution in [0.25, 0.3) is 0 Å². The van der Waals surface area contributed by atoms with Crippen LogP contribution < -0.4 is 4.72 Å². The molecule has 2 N–H and O–H groups in total. The summed E-state index contributed by atoms with van der Waals surface area (Å²) in [6.07, 6.45) is 2.78. The van der Waals surface area contributed by atoms with Crippen molar-refractivity contribution in [2.24, 2.45) is 0 Å². The highest BCUT2D eigenvalue weighted by Crippen LogP contribution is 2.07. The largest absolute Gasteiger partial charge is 0.480 e. The van der Waals surface area contributed by atoms with E-state index in [0.717, 1.165) is 6.20 Å². The summed E-state index contributed by atoms with van der Waals surface area (Å²) in [6, 6.07) is 1.70. The highest BCUT2D eigenvalue weighted by Gasteiger charge is 2.23. The van der Waals surface area contributed by atoms with Gasteiger partial charge in [0.2, 0.25) is 10.0 Å². The average molecular weight is 244 g/mol. The molecule has 0 radical (unpaired) electrons. The molecule has 0 fully saturated rings. The van der Waals surface area contributed by atoms with Crippen LogP contribution in [0.1, 0.15) is 13.3 Å². The van der Waals surface area contributed by atoms with Gasteiger partial charge in [-0.05, 0) is 18.6 Å². The smallest absolute Gasteiger partial charge is 0.321 e. The minimum atomic E-state index is -3.81. The van der Waals surface area contributed by atoms with Gasteiger partial charge in [-0.25, -0.2) is 8.42 Å². The lowest BCUT2D eigenvalue weighted by molar-refractivity contribution is -0.139. The summed E-state index contributed by atoms with van der Waals surface area (Å²) < 4.78 is 25.5. The van der Waals surface area contributed by atoms with Crippen LogP contribution in [0, 0.1) is 0 Å². The minimum absolute atomic E-state index is 0.0466. The standard InChI is InChI=1S/C9H12N2O4S/c1-2-8(9(12)13)11-16(14,15)7-4-3-5-10-6-7/h3-6,8,11H,2H2,1H3,(H,12,13)/t8-/m0/s1. The number of aliphatic carboxylic acids is 1. The number of carboxylic acid groups (broad SMARTS) is 1. The van der Waals surface area contributed by atoms with Crippen LogP contribution in [0.3, 0.4) is 0 Å². The van der Waals surface area contributed by atoms with Crippen molar-refractivity contribution in [3.8, 4) is 0 Å². The first-order valence-corrected chi connectivity index (χ1v) is 6.11. The number of rotatable bonds is 5. The van der Waals surface area contributed by atoms with E-state index >= 15 is 0 Å². The highest BCUT2D eigenvalue weighted by atomic mass is 32.2. The van der Waals surface area contributed by atoms with Crippen molar-refractivity contribution in [3.63, 3.8) is 0 Å². The van der Waals surface area contributed by atoms with Crippen LogP contribution in [0.5, 0.6) is 0 Å². The number of nitrogens with zero attached hydrogens (tertiary/aromatic N) is 1. The molecule has 0 saturated carbocycles. The van der Waals surface area contributed by atoms with E-state index in [0.29, 0.717) is 0 Å². The van der Waals surface area contributed by atoms with Crippen LogP contribution in [0.4, 0.5) is 0 Å². The Morgan fingerprint density at radius 1 is 1.62 bits per heavy atom. The fraction of sp³-hybridized carbons (Fsp3) is 0.333. The van der Waals surface area contributed by atoms with E-state index in [9.17, 15) is 13.2 Å². The maximum atomic E-state index is 11.7. The van der Waals surface area contributed by atoms with Gasteiger partial charge in [0.25, 0.3) is 0 Å². The first-order valence-electron chi connectivity index (χ1n) is 4.62. The Morgan fingerprint density at radius 2 is 2.31 bits per heavy atom. The quantitative estimate of drug-likeness (QED) is 0.772. The second kappa shape index (κ2) is 5.04. The molecule has 0 aliphatic carbocycles. The molecule has 7 heteroatoms. The van der Waals surface area contributed by atoms with Crippen LogP contribution in [0.15, 0.2) is 29.4 Å². The molecular formula is C9H12N2O4S. The molecule has 1 atom stereocenters. The molecule has 0 bridgehead atoms. The Morgan fingerprint density at radius 3 is 2.75 bits per heavy atom. The molecule has 16 heavy (non-hydrogen) atoms. The fourth-order valence-electron chi connectivity index (χ4n) is 1.07. The number of nitrogens with one attached hydrogen (secondary N) is 1. The Kier molecular flexibility index (Phi) is 3.97. The molecule has 0 saturated heterocycles. The SMILES string of the molecule is CC[C@H](NS(=O)(=O)c1cccnc1)C(=O)O. The lowest BCUT2D eigenvalue weighted by Crippen LogP contribution is -2.40. The molecule has 0 aliphatic rings. The van der Waals surface area contributed by atoms with E-state index in [2.05, 4.69) is 9.71 Å². The van der Waals surface area contributed by atoms with Gasteiger partial charge in [0.1, 0.15) is 10.9 Å². The predicted octanol–water partition coefficient (Wildman–Crippen LogP) is 0.223. The molecule has 1 heterocycles. The van der Waals surface area contributed by atoms with E-state index < -0.39 is 22.0 Å². The first-order chi connectivity index (χ1) is 7.47. The second-order valence-corrected chi connectivity index (χ2v) is 4.82. The Labute approximate surface area is 93.4 Å². The van der Waals surface area contributed by atoms with Crippen molar-refractivity contribution in [1.82, 2.24) is 9.71 Å². The lowest BCUT2D eigenvalue weighted by atomic mass is 10.2. The molecule has 1 aromatic heterocycles. The van der Waals surface area contributed by atoms with Crippen LogP contribution >= 0.6 is 0 Å². The third-order valence-electron chi connectivity index (χ3n) is 1.95. The number of carbonyl (C=O) groups is 1. The average Bonchev–Trinajstić information content (AvgIpc) is 2.27. The van der Waals surface area contributed by atoms with Gasteiger partial charge in [0.05, 0.1) is 0 Å². The van der Waals surface area contributed by atoms with Crippen molar-refractivity contribution in [2.45, 2.75) is 24.3 Å². The molecule has 1 rings (SSSR count). The van der Waals surface area contributed by atoms with Gasteiger partial charge in [-0.1, -0.05) is 6.92 Å². The zero-order chi connectivity index (χ0) is 12.2. The summed E-state index contributed by atoms with van der Waals surface area (Å²) in [6.45, 7) is 1.59. The molecule has 0 unspecified atom stereocenters. The number of aromatic nitrogens is 1. The van der Waals surface area contributed by atoms with Crippen molar-refractivity contribution in [1.29, 1.82) is 0 Å². The van der Waals surface area contributed by atoms with E-state index in [-0.39, 0.29) is 11.3 Å². The number of sulfonamides is 1. The monoisotopic (exact) mass is 244 g/mol. The third-order valence-corrected chi connectivity index (χ3v) is 3.41. The normalized spacial score (nSPS) is 13.3. The predicted molar refractivity (Wildman–Crippen MR) is 56.3 cm³/mol. The maximum absolute atomic E-state index is 11.7. The van der Waals surface area contributed by atoms with Crippen molar-refractivity contribution >= 4 is 16.0 Å². The molecule has 0 amide bonds. The first kappa shape index (κ1) is 12.6. The minimum Gasteiger partial charge on any atom is -0.480 e. The van der Waals surface area contributed by atoms with E-state index in [1.165, 1.54) is 18.3 Å². The van der Waals surface area contributed by atoms with E-state index in [1.54, 1.807) is 6.92 Å². The molecular weight excluding hydrogens is 232 g/mol. The summed E-state index contributed by atoms with van der Waals surface area (Å²) in [4.78, 5) is 14.3. The van der Waals surface area contributed by atoms with E-state index in [4.69, 9.17) is 5.11 Å². The van der Waals surface area contributed by atoms with Gasteiger partial charge in [0.15, 0.2) is 0 Å². The van der Waals surface area contributed by atoms with Gasteiger partial charge in [0, 0.05) is 12.4 Å². The third kappa shape index (κ3) is 3.01. The second-order valence-electron chi connectivity index (χ2n) is 3.11. The molecule has 0 aromatic carbocycles. The summed E-state index contributed by atoms with van der Waals surface area (Å²) in [5, 5.41) is 8.74. The van der Waals surface area contributed by atoms with E-state index in [1.807, 2.05) is 0 Å². The van der Waals surface area contributed by atoms with Crippen molar-refractivity contribution < 1.29 is 18.3 Å². The number of hydrogen-bond donors (Lipinski definition) is 2. The number of pyridine rings is 1. The zero-order valence-corrected chi connectivity index (χ0v) is 9.44. The van der Waals surface area contributed by atoms with Crippen molar-refractivity contribution in [3.05, 3.63) is 24.5 Å². The summed E-state index contributed by atoms with van der Waals surface area (Å²) >= 11 is 0. The summed E-state index contributed by atoms with van der Waals surface area (Å²) in [5.74, 6) is -1.20. The topological polar surface area (TPSA) is 96.4 Å². The molecule has 0 aliphatic heterocycles. The van der Waals surface area contributed by atoms with Gasteiger partial charge in [-0.15, -0.1) is 0 Å². The number of hydrogen-bond acceptors (Lipinski definition) is 4. The number of carboxylic acids is 1. The Bertz CT molecular complexity index is 458. The summed E-state index contributed by atoms with van der Waals surface area (Å²) in [7, 11) is -3.81. The maximum Gasteiger partial charge on any atom is 0.321 e. The van der Waals surface area contributed by atoms with Gasteiger partial charge >= 0.3 is 5.97 Å². The van der Waals surface area contributed by atoms with Gasteiger partial charge in [-0.3, -0.25) is 9.78 Å². The Balaban J connectivity index is 2.92. The van der Waals surface area contributed by atoms with Crippen LogP contribution in [0.2, 0.25) is 0 Å². The van der Waals surface area contributed by atoms with Crippen LogP contribution in [-0.4, -0.2) is 30.5 Å². The van der Waals surface area contributed by atoms with Crippen LogP contribution in [-0.2, 0) is 14.8 Å². The van der Waals surface area contributed by atoms with Gasteiger partial charge < -0.3 is 5.11 Å². The Hall–Kier alpha value is -1.47. The summed E-state index contributed by atoms with van der Waals surface area (Å²) in [5.41, 5.74) is 0. The molecule has 88 valence electrons. The fourth-order valence-corrected chi connectivity index (χ4v) is 2.31. The van der Waals surface area contributed by atoms with Gasteiger partial charge in [-0.2, -0.15) is 4.72 Å². The zero-order valence-electron chi connectivity index (χ0n) is 8.62. The lowest BCUT2D eigenvalue weighted by Gasteiger charge is -2.12. The molecule has 6 nitrogen and oxygen atoms in total. The van der Waals surface area contributed by atoms with Crippen molar-refractivity contribution in [2.75, 3.05) is 0 Å². The molecule has 0 spiro atoms. The molecule has 1 aromatic rings.